The van der Waals surface area contributed by atoms with Gasteiger partial charge in [-0.15, -0.1) is 0 Å². The maximum absolute atomic E-state index is 10.5. The highest BCUT2D eigenvalue weighted by molar-refractivity contribution is 5.86. The van der Waals surface area contributed by atoms with Gasteiger partial charge in [0.2, 0.25) is 6.41 Å². The van der Waals surface area contributed by atoms with Crippen molar-refractivity contribution in [2.75, 3.05) is 44.9 Å². The Morgan fingerprint density at radius 3 is 2.74 bits per heavy atom. The van der Waals surface area contributed by atoms with Crippen molar-refractivity contribution >= 4 is 16.7 Å². The van der Waals surface area contributed by atoms with Crippen LogP contribution in [-0.2, 0) is 28.9 Å². The minimum atomic E-state index is -0.927. The Morgan fingerprint density at radius 2 is 2.00 bits per heavy atom. The molecule has 5 rings (SSSR count). The summed E-state index contributed by atoms with van der Waals surface area (Å²) in [4.78, 5) is 9.70. The fraction of sp³-hybridized carbons (Fsp3) is 0.708. The molecule has 1 unspecified atom stereocenters. The molecule has 31 heavy (non-hydrogen) atoms. The van der Waals surface area contributed by atoms with E-state index in [1.807, 2.05) is 4.90 Å². The first-order valence-electron chi connectivity index (χ1n) is 12.0. The van der Waals surface area contributed by atoms with Crippen molar-refractivity contribution in [3.63, 3.8) is 0 Å². The number of aromatic nitrogens is 2. The molecule has 2 aliphatic heterocycles. The van der Waals surface area contributed by atoms with Gasteiger partial charge in [-0.1, -0.05) is 12.8 Å². The zero-order valence-electron chi connectivity index (χ0n) is 18.9. The number of imidazole rings is 1. The quantitative estimate of drug-likeness (QED) is 0.653. The molecule has 0 bridgehead atoms. The number of hydrogen-bond donors (Lipinski definition) is 1. The van der Waals surface area contributed by atoms with Crippen LogP contribution in [0.25, 0.3) is 11.0 Å². The molecule has 1 aromatic heterocycles. The Kier molecular flexibility index (Phi) is 6.19. The molecule has 1 aliphatic carbocycles. The fourth-order valence-corrected chi connectivity index (χ4v) is 5.20. The normalized spacial score (nSPS) is 23.3. The molecular formula is C24H36N4O3. The molecule has 1 N–H and O–H groups in total. The zero-order valence-corrected chi connectivity index (χ0v) is 18.9. The lowest BCUT2D eigenvalue weighted by molar-refractivity contribution is -0.0794. The smallest absolute Gasteiger partial charge is 0.237 e. The van der Waals surface area contributed by atoms with E-state index >= 15 is 0 Å². The second-order valence-corrected chi connectivity index (χ2v) is 9.40. The lowest BCUT2D eigenvalue weighted by Crippen LogP contribution is -2.45. The molecule has 1 saturated heterocycles. The highest BCUT2D eigenvalue weighted by Crippen LogP contribution is 2.38. The van der Waals surface area contributed by atoms with Crippen LogP contribution in [0.1, 0.15) is 44.0 Å². The van der Waals surface area contributed by atoms with Gasteiger partial charge in [0.25, 0.3) is 0 Å². The summed E-state index contributed by atoms with van der Waals surface area (Å²) in [5.74, 6) is 2.12. The summed E-state index contributed by atoms with van der Waals surface area (Å²) < 4.78 is 13.3. The Bertz CT molecular complexity index is 904. The average molecular weight is 429 g/mol. The third-order valence-corrected chi connectivity index (χ3v) is 7.31. The summed E-state index contributed by atoms with van der Waals surface area (Å²) in [5, 5.41) is 10.5. The third-order valence-electron chi connectivity index (χ3n) is 7.31. The largest absolute Gasteiger partial charge is 0.379 e. The molecule has 2 fully saturated rings. The Hall–Kier alpha value is -1.67. The number of nitrogens with zero attached hydrogens (tertiary/aromatic N) is 4. The highest BCUT2D eigenvalue weighted by Gasteiger charge is 2.31. The van der Waals surface area contributed by atoms with Crippen molar-refractivity contribution in [1.29, 1.82) is 0 Å². The van der Waals surface area contributed by atoms with Crippen LogP contribution in [0, 0.1) is 5.92 Å². The summed E-state index contributed by atoms with van der Waals surface area (Å²) in [6.07, 6.45) is 6.11. The van der Waals surface area contributed by atoms with Crippen LogP contribution in [0.3, 0.4) is 0 Å². The Balaban J connectivity index is 1.49. The van der Waals surface area contributed by atoms with Crippen LogP contribution >= 0.6 is 0 Å². The molecule has 7 nitrogen and oxygen atoms in total. The van der Waals surface area contributed by atoms with E-state index in [1.54, 1.807) is 7.11 Å². The molecule has 3 heterocycles. The third kappa shape index (κ3) is 4.33. The average Bonchev–Trinajstić information content (AvgIpc) is 3.56. The van der Waals surface area contributed by atoms with E-state index in [9.17, 15) is 5.11 Å². The lowest BCUT2D eigenvalue weighted by atomic mass is 9.95. The van der Waals surface area contributed by atoms with Crippen molar-refractivity contribution in [3.05, 3.63) is 23.5 Å². The minimum Gasteiger partial charge on any atom is -0.379 e. The van der Waals surface area contributed by atoms with E-state index in [2.05, 4.69) is 28.5 Å². The predicted molar refractivity (Wildman–Crippen MR) is 121 cm³/mol. The molecule has 2 aromatic rings. The van der Waals surface area contributed by atoms with Crippen molar-refractivity contribution in [2.45, 2.75) is 64.4 Å². The van der Waals surface area contributed by atoms with Gasteiger partial charge in [-0.25, -0.2) is 4.98 Å². The van der Waals surface area contributed by atoms with Gasteiger partial charge in [0, 0.05) is 57.0 Å². The number of aliphatic hydroxyl groups is 1. The highest BCUT2D eigenvalue weighted by atomic mass is 16.6. The summed E-state index contributed by atoms with van der Waals surface area (Å²) >= 11 is 0. The van der Waals surface area contributed by atoms with Crippen molar-refractivity contribution in [2.24, 2.45) is 5.92 Å². The molecule has 3 aliphatic rings. The fourth-order valence-electron chi connectivity index (χ4n) is 5.20. The summed E-state index contributed by atoms with van der Waals surface area (Å²) in [7, 11) is 1.56. The van der Waals surface area contributed by atoms with Crippen molar-refractivity contribution in [3.8, 4) is 0 Å². The van der Waals surface area contributed by atoms with Gasteiger partial charge in [-0.05, 0) is 44.2 Å². The number of rotatable bonds is 8. The first-order valence-corrected chi connectivity index (χ1v) is 12.0. The van der Waals surface area contributed by atoms with Gasteiger partial charge in [-0.2, -0.15) is 0 Å². The van der Waals surface area contributed by atoms with Gasteiger partial charge < -0.3 is 24.0 Å². The molecule has 2 atom stereocenters. The van der Waals surface area contributed by atoms with E-state index in [0.717, 1.165) is 75.8 Å². The topological polar surface area (TPSA) is 63.0 Å². The maximum Gasteiger partial charge on any atom is 0.237 e. The van der Waals surface area contributed by atoms with E-state index in [-0.39, 0.29) is 6.04 Å². The molecule has 1 aromatic carbocycles. The summed E-state index contributed by atoms with van der Waals surface area (Å²) in [6, 6.07) is 4.60. The van der Waals surface area contributed by atoms with Crippen LogP contribution in [0.5, 0.6) is 0 Å². The molecule has 0 radical (unpaired) electrons. The SMILES string of the molecule is COC(O)N1c2ccc3c(nc(CCC4CC4)n3CCN3CCOCC3)c2CC[C@@H]1C. The Morgan fingerprint density at radius 1 is 1.19 bits per heavy atom. The number of morpholine rings is 1. The van der Waals surface area contributed by atoms with Gasteiger partial charge >= 0.3 is 0 Å². The molecule has 0 amide bonds. The zero-order chi connectivity index (χ0) is 21.4. The number of anilines is 1. The van der Waals surface area contributed by atoms with Gasteiger partial charge in [0.05, 0.1) is 24.2 Å². The van der Waals surface area contributed by atoms with Crippen LogP contribution in [0.2, 0.25) is 0 Å². The number of hydrogen-bond acceptors (Lipinski definition) is 6. The van der Waals surface area contributed by atoms with Crippen LogP contribution in [0.4, 0.5) is 5.69 Å². The number of benzene rings is 1. The molecule has 1 saturated carbocycles. The number of fused-ring (bicyclic) bond motifs is 3. The number of aryl methyl sites for hydroxylation is 2. The number of ether oxygens (including phenoxy) is 2. The van der Waals surface area contributed by atoms with Gasteiger partial charge in [0.1, 0.15) is 5.82 Å². The summed E-state index contributed by atoms with van der Waals surface area (Å²) in [6.45, 7) is 7.86. The standard InChI is InChI=1S/C24H36N4O3/c1-17-3-7-19-20(28(17)24(29)30-2)8-9-21-23(19)25-22(10-6-18-4-5-18)27(21)12-11-26-13-15-31-16-14-26/h8-9,17-18,24,29H,3-7,10-16H2,1-2H3/t17-,24?/m0/s1. The van der Waals surface area contributed by atoms with Crippen LogP contribution < -0.4 is 4.90 Å². The molecule has 7 heteroatoms. The van der Waals surface area contributed by atoms with Crippen molar-refractivity contribution in [1.82, 2.24) is 14.5 Å². The monoisotopic (exact) mass is 428 g/mol. The lowest BCUT2D eigenvalue weighted by Gasteiger charge is -2.39. The summed E-state index contributed by atoms with van der Waals surface area (Å²) in [5.41, 5.74) is 4.67. The number of aliphatic hydroxyl groups excluding tert-OH is 1. The number of methoxy groups -OCH3 is 1. The second-order valence-electron chi connectivity index (χ2n) is 9.40. The van der Waals surface area contributed by atoms with E-state index in [4.69, 9.17) is 14.5 Å². The van der Waals surface area contributed by atoms with E-state index < -0.39 is 6.41 Å². The first kappa shape index (κ1) is 21.2. The first-order chi connectivity index (χ1) is 15.2. The van der Waals surface area contributed by atoms with Crippen LogP contribution in [0.15, 0.2) is 12.1 Å². The minimum absolute atomic E-state index is 0.234. The maximum atomic E-state index is 10.5. The molecule has 0 spiro atoms. The van der Waals surface area contributed by atoms with E-state index in [0.29, 0.717) is 0 Å². The predicted octanol–water partition coefficient (Wildman–Crippen LogP) is 2.77. The second kappa shape index (κ2) is 9.06. The van der Waals surface area contributed by atoms with E-state index in [1.165, 1.54) is 36.2 Å². The Labute approximate surface area is 184 Å². The van der Waals surface area contributed by atoms with Gasteiger partial charge in [0.15, 0.2) is 0 Å². The van der Waals surface area contributed by atoms with Crippen molar-refractivity contribution < 1.29 is 14.6 Å². The molecular weight excluding hydrogens is 392 g/mol. The molecule has 170 valence electrons. The van der Waals surface area contributed by atoms with Crippen LogP contribution in [-0.4, -0.2) is 72.0 Å². The van der Waals surface area contributed by atoms with Gasteiger partial charge in [-0.3, -0.25) is 4.90 Å².